The lowest BCUT2D eigenvalue weighted by atomic mass is 9.75. The van der Waals surface area contributed by atoms with Crippen LogP contribution in [0.1, 0.15) is 41.0 Å². The molecule has 0 saturated carbocycles. The molecule has 0 aliphatic rings. The smallest absolute Gasteiger partial charge is 0.311 e. The summed E-state index contributed by atoms with van der Waals surface area (Å²) in [5.41, 5.74) is -1.38. The highest BCUT2D eigenvalue weighted by Gasteiger charge is 2.40. The van der Waals surface area contributed by atoms with E-state index in [9.17, 15) is 9.59 Å². The molecule has 0 aliphatic heterocycles. The van der Waals surface area contributed by atoms with Crippen molar-refractivity contribution in [2.75, 3.05) is 13.7 Å². The zero-order valence-corrected chi connectivity index (χ0v) is 11.0. The van der Waals surface area contributed by atoms with Crippen LogP contribution >= 0.6 is 0 Å². The molecule has 16 heavy (non-hydrogen) atoms. The van der Waals surface area contributed by atoms with Crippen molar-refractivity contribution in [2.24, 2.45) is 10.8 Å². The predicted octanol–water partition coefficient (Wildman–Crippen LogP) is 2.17. The molecular formula is C12H22O4. The van der Waals surface area contributed by atoms with Crippen LogP contribution in [0.3, 0.4) is 0 Å². The third-order valence-corrected chi connectivity index (χ3v) is 2.45. The Morgan fingerprint density at radius 3 is 1.81 bits per heavy atom. The Bertz CT molecular complexity index is 266. The van der Waals surface area contributed by atoms with Crippen molar-refractivity contribution in [3.8, 4) is 0 Å². The maximum absolute atomic E-state index is 11.7. The molecule has 0 aliphatic carbocycles. The minimum absolute atomic E-state index is 0.285. The molecule has 0 aromatic carbocycles. The van der Waals surface area contributed by atoms with E-state index in [0.717, 1.165) is 0 Å². The van der Waals surface area contributed by atoms with Crippen molar-refractivity contribution in [3.05, 3.63) is 0 Å². The molecular weight excluding hydrogens is 208 g/mol. The summed E-state index contributed by atoms with van der Waals surface area (Å²) < 4.78 is 9.68. The van der Waals surface area contributed by atoms with Gasteiger partial charge >= 0.3 is 11.9 Å². The van der Waals surface area contributed by atoms with Gasteiger partial charge in [0.05, 0.1) is 24.5 Å². The standard InChI is InChI=1S/C12H22O4/c1-7-16-10(14)12(4,5)8-11(2,3)9(13)15-6/h7-8H2,1-6H3. The van der Waals surface area contributed by atoms with E-state index in [1.54, 1.807) is 34.6 Å². The SMILES string of the molecule is CCOC(=O)C(C)(C)CC(C)(C)C(=O)OC. The molecule has 0 aromatic heterocycles. The summed E-state index contributed by atoms with van der Waals surface area (Å²) in [4.78, 5) is 23.2. The van der Waals surface area contributed by atoms with E-state index in [2.05, 4.69) is 0 Å². The van der Waals surface area contributed by atoms with Crippen molar-refractivity contribution in [1.82, 2.24) is 0 Å². The second kappa shape index (κ2) is 5.32. The van der Waals surface area contributed by atoms with Gasteiger partial charge in [-0.1, -0.05) is 0 Å². The molecule has 0 amide bonds. The van der Waals surface area contributed by atoms with Crippen molar-refractivity contribution in [3.63, 3.8) is 0 Å². The molecule has 0 radical (unpaired) electrons. The van der Waals surface area contributed by atoms with Crippen molar-refractivity contribution >= 4 is 11.9 Å². The Morgan fingerprint density at radius 1 is 1.00 bits per heavy atom. The van der Waals surface area contributed by atoms with Gasteiger partial charge in [-0.15, -0.1) is 0 Å². The van der Waals surface area contributed by atoms with Gasteiger partial charge in [0.2, 0.25) is 0 Å². The van der Waals surface area contributed by atoms with Gasteiger partial charge in [-0.2, -0.15) is 0 Å². The molecule has 0 saturated heterocycles. The summed E-state index contributed by atoms with van der Waals surface area (Å²) >= 11 is 0. The maximum Gasteiger partial charge on any atom is 0.311 e. The first-order valence-corrected chi connectivity index (χ1v) is 5.43. The second-order valence-corrected chi connectivity index (χ2v) is 5.16. The first-order chi connectivity index (χ1) is 7.17. The highest BCUT2D eigenvalue weighted by molar-refractivity contribution is 5.80. The molecule has 0 bridgehead atoms. The van der Waals surface area contributed by atoms with Crippen molar-refractivity contribution in [2.45, 2.75) is 41.0 Å². The van der Waals surface area contributed by atoms with Gasteiger partial charge in [-0.3, -0.25) is 9.59 Å². The quantitative estimate of drug-likeness (QED) is 0.679. The Kier molecular flexibility index (Phi) is 4.97. The van der Waals surface area contributed by atoms with E-state index in [-0.39, 0.29) is 11.9 Å². The summed E-state index contributed by atoms with van der Waals surface area (Å²) in [6.45, 7) is 9.19. The second-order valence-electron chi connectivity index (χ2n) is 5.16. The summed E-state index contributed by atoms with van der Waals surface area (Å²) in [6, 6.07) is 0. The minimum Gasteiger partial charge on any atom is -0.469 e. The van der Waals surface area contributed by atoms with E-state index in [4.69, 9.17) is 9.47 Å². The lowest BCUT2D eigenvalue weighted by molar-refractivity contribution is -0.160. The molecule has 4 heteroatoms. The largest absolute Gasteiger partial charge is 0.469 e. The zero-order valence-electron chi connectivity index (χ0n) is 11.0. The molecule has 0 atom stereocenters. The fourth-order valence-corrected chi connectivity index (χ4v) is 1.85. The summed E-state index contributed by atoms with van der Waals surface area (Å²) in [5, 5.41) is 0. The molecule has 0 fully saturated rings. The van der Waals surface area contributed by atoms with Gasteiger partial charge in [-0.25, -0.2) is 0 Å². The molecule has 94 valence electrons. The number of hydrogen-bond donors (Lipinski definition) is 0. The Labute approximate surface area is 97.3 Å². The van der Waals surface area contributed by atoms with Crippen LogP contribution in [-0.2, 0) is 19.1 Å². The van der Waals surface area contributed by atoms with Crippen molar-refractivity contribution in [1.29, 1.82) is 0 Å². The minimum atomic E-state index is -0.689. The normalized spacial score (nSPS) is 12.1. The molecule has 4 nitrogen and oxygen atoms in total. The van der Waals surface area contributed by atoms with Crippen LogP contribution in [0.4, 0.5) is 0 Å². The molecule has 0 aromatic rings. The fraction of sp³-hybridized carbons (Fsp3) is 0.833. The average molecular weight is 230 g/mol. The fourth-order valence-electron chi connectivity index (χ4n) is 1.85. The van der Waals surface area contributed by atoms with Crippen LogP contribution in [0.25, 0.3) is 0 Å². The van der Waals surface area contributed by atoms with Crippen LogP contribution in [0, 0.1) is 10.8 Å². The average Bonchev–Trinajstić information content (AvgIpc) is 2.15. The van der Waals surface area contributed by atoms with Crippen LogP contribution in [-0.4, -0.2) is 25.7 Å². The lowest BCUT2D eigenvalue weighted by Crippen LogP contribution is -2.36. The maximum atomic E-state index is 11.7. The third kappa shape index (κ3) is 3.83. The van der Waals surface area contributed by atoms with E-state index in [0.29, 0.717) is 13.0 Å². The Morgan fingerprint density at radius 2 is 1.44 bits per heavy atom. The third-order valence-electron chi connectivity index (χ3n) is 2.45. The molecule has 0 unspecified atom stereocenters. The summed E-state index contributed by atoms with van der Waals surface area (Å²) in [6.07, 6.45) is 0.394. The topological polar surface area (TPSA) is 52.6 Å². The van der Waals surface area contributed by atoms with Gasteiger partial charge in [0.25, 0.3) is 0 Å². The number of ether oxygens (including phenoxy) is 2. The van der Waals surface area contributed by atoms with Crippen LogP contribution in [0.5, 0.6) is 0 Å². The first kappa shape index (κ1) is 14.9. The van der Waals surface area contributed by atoms with Gasteiger partial charge in [-0.05, 0) is 41.0 Å². The van der Waals surface area contributed by atoms with Crippen LogP contribution in [0.2, 0.25) is 0 Å². The number of carbonyl (C=O) groups excluding carboxylic acids is 2. The first-order valence-electron chi connectivity index (χ1n) is 5.43. The number of carbonyl (C=O) groups is 2. The Hall–Kier alpha value is -1.06. The highest BCUT2D eigenvalue weighted by atomic mass is 16.5. The highest BCUT2D eigenvalue weighted by Crippen LogP contribution is 2.35. The van der Waals surface area contributed by atoms with E-state index in [1.807, 2.05) is 0 Å². The molecule has 0 spiro atoms. The molecule has 0 N–H and O–H groups in total. The van der Waals surface area contributed by atoms with E-state index < -0.39 is 10.8 Å². The van der Waals surface area contributed by atoms with Crippen LogP contribution in [0.15, 0.2) is 0 Å². The number of rotatable bonds is 5. The van der Waals surface area contributed by atoms with Gasteiger partial charge < -0.3 is 9.47 Å². The van der Waals surface area contributed by atoms with Crippen molar-refractivity contribution < 1.29 is 19.1 Å². The van der Waals surface area contributed by atoms with E-state index >= 15 is 0 Å². The van der Waals surface area contributed by atoms with Crippen LogP contribution < -0.4 is 0 Å². The van der Waals surface area contributed by atoms with Gasteiger partial charge in [0, 0.05) is 0 Å². The molecule has 0 heterocycles. The predicted molar refractivity (Wildman–Crippen MR) is 60.8 cm³/mol. The number of methoxy groups -OCH3 is 1. The number of hydrogen-bond acceptors (Lipinski definition) is 4. The monoisotopic (exact) mass is 230 g/mol. The van der Waals surface area contributed by atoms with Gasteiger partial charge in [0.1, 0.15) is 0 Å². The molecule has 0 rings (SSSR count). The van der Waals surface area contributed by atoms with Gasteiger partial charge in [0.15, 0.2) is 0 Å². The lowest BCUT2D eigenvalue weighted by Gasteiger charge is -2.30. The summed E-state index contributed by atoms with van der Waals surface area (Å²) in [7, 11) is 1.35. The zero-order chi connectivity index (χ0) is 13.0. The summed E-state index contributed by atoms with van der Waals surface area (Å²) in [5.74, 6) is -0.600. The van der Waals surface area contributed by atoms with E-state index in [1.165, 1.54) is 7.11 Å². The Balaban J connectivity index is 4.69. The number of esters is 2.